The van der Waals surface area contributed by atoms with Gasteiger partial charge in [0, 0.05) is 30.7 Å². The molecule has 2 aromatic heterocycles. The van der Waals surface area contributed by atoms with E-state index in [1.54, 1.807) is 22.9 Å². The maximum Gasteiger partial charge on any atom is 0.233 e. The highest BCUT2D eigenvalue weighted by molar-refractivity contribution is 6.01. The van der Waals surface area contributed by atoms with Crippen LogP contribution in [0.3, 0.4) is 0 Å². The highest BCUT2D eigenvalue weighted by Crippen LogP contribution is 2.32. The zero-order valence-corrected chi connectivity index (χ0v) is 13.1. The molecule has 0 saturated carbocycles. The minimum absolute atomic E-state index is 0.0188. The van der Waals surface area contributed by atoms with Gasteiger partial charge in [0.1, 0.15) is 5.82 Å². The Hall–Kier alpha value is -3.29. The highest BCUT2D eigenvalue weighted by atomic mass is 19.1. The zero-order chi connectivity index (χ0) is 17.4. The van der Waals surface area contributed by atoms with Crippen LogP contribution in [0.2, 0.25) is 0 Å². The maximum atomic E-state index is 13.5. The summed E-state index contributed by atoms with van der Waals surface area (Å²) in [6.45, 7) is 0.199. The minimum atomic E-state index is -0.727. The second-order valence-electron chi connectivity index (χ2n) is 5.81. The molecule has 0 bridgehead atoms. The summed E-state index contributed by atoms with van der Waals surface area (Å²) in [7, 11) is 0. The molecule has 4 rings (SSSR count). The molecule has 1 atom stereocenters. The van der Waals surface area contributed by atoms with Gasteiger partial charge in [-0.1, -0.05) is 0 Å². The number of imidazole rings is 1. The summed E-state index contributed by atoms with van der Waals surface area (Å²) < 4.78 is 15.3. The highest BCUT2D eigenvalue weighted by Gasteiger charge is 2.31. The van der Waals surface area contributed by atoms with E-state index in [9.17, 15) is 14.0 Å². The first-order valence-corrected chi connectivity index (χ1v) is 7.76. The lowest BCUT2D eigenvalue weighted by atomic mass is 9.89. The second kappa shape index (κ2) is 5.97. The summed E-state index contributed by atoms with van der Waals surface area (Å²) >= 11 is 0. The Morgan fingerprint density at radius 2 is 2.32 bits per heavy atom. The van der Waals surface area contributed by atoms with Crippen molar-refractivity contribution >= 4 is 23.3 Å². The van der Waals surface area contributed by atoms with Gasteiger partial charge in [-0.2, -0.15) is 0 Å². The van der Waals surface area contributed by atoms with Gasteiger partial charge in [0.2, 0.25) is 17.6 Å². The third kappa shape index (κ3) is 2.93. The number of hydrogen-bond donors (Lipinski definition) is 2. The Bertz CT molecular complexity index is 951. The van der Waals surface area contributed by atoms with E-state index < -0.39 is 11.7 Å². The molecule has 0 aliphatic carbocycles. The van der Waals surface area contributed by atoms with Gasteiger partial charge in [-0.3, -0.25) is 14.0 Å². The largest absolute Gasteiger partial charge is 0.350 e. The number of hydrogen-bond acceptors (Lipinski definition) is 4. The summed E-state index contributed by atoms with van der Waals surface area (Å²) in [4.78, 5) is 32.8. The van der Waals surface area contributed by atoms with Crippen molar-refractivity contribution in [1.29, 1.82) is 0 Å². The van der Waals surface area contributed by atoms with E-state index in [2.05, 4.69) is 20.6 Å². The van der Waals surface area contributed by atoms with Crippen LogP contribution < -0.4 is 10.6 Å². The molecule has 0 spiro atoms. The predicted molar refractivity (Wildman–Crippen MR) is 87.2 cm³/mol. The van der Waals surface area contributed by atoms with Crippen LogP contribution in [0.4, 0.5) is 10.1 Å². The van der Waals surface area contributed by atoms with Crippen LogP contribution in [0.25, 0.3) is 5.78 Å². The fourth-order valence-corrected chi connectivity index (χ4v) is 2.93. The Kier molecular flexibility index (Phi) is 3.64. The molecule has 1 aromatic carbocycles. The molecule has 3 heterocycles. The average molecular weight is 339 g/mol. The van der Waals surface area contributed by atoms with E-state index in [4.69, 9.17) is 0 Å². The smallest absolute Gasteiger partial charge is 0.233 e. The summed E-state index contributed by atoms with van der Waals surface area (Å²) in [5.74, 6) is -1.24. The monoisotopic (exact) mass is 339 g/mol. The van der Waals surface area contributed by atoms with Gasteiger partial charge in [-0.15, -0.1) is 0 Å². The third-order valence-corrected chi connectivity index (χ3v) is 4.10. The first kappa shape index (κ1) is 15.3. The number of aromatic nitrogens is 3. The van der Waals surface area contributed by atoms with Gasteiger partial charge in [0.25, 0.3) is 0 Å². The average Bonchev–Trinajstić information content (AvgIpc) is 3.02. The fourth-order valence-electron chi connectivity index (χ4n) is 2.93. The van der Waals surface area contributed by atoms with Crippen LogP contribution in [-0.2, 0) is 16.1 Å². The van der Waals surface area contributed by atoms with Crippen molar-refractivity contribution in [3.8, 4) is 0 Å². The van der Waals surface area contributed by atoms with Crippen molar-refractivity contribution < 1.29 is 14.0 Å². The van der Waals surface area contributed by atoms with Gasteiger partial charge in [-0.05, 0) is 29.8 Å². The first-order valence-electron chi connectivity index (χ1n) is 7.76. The van der Waals surface area contributed by atoms with E-state index in [0.29, 0.717) is 22.7 Å². The number of halogens is 1. The quantitative estimate of drug-likeness (QED) is 0.759. The predicted octanol–water partition coefficient (Wildman–Crippen LogP) is 1.61. The van der Waals surface area contributed by atoms with Gasteiger partial charge in [0.15, 0.2) is 0 Å². The van der Waals surface area contributed by atoms with Crippen LogP contribution in [-0.4, -0.2) is 26.2 Å². The van der Waals surface area contributed by atoms with E-state index in [1.807, 2.05) is 6.20 Å². The van der Waals surface area contributed by atoms with Gasteiger partial charge >= 0.3 is 0 Å². The first-order chi connectivity index (χ1) is 12.1. The van der Waals surface area contributed by atoms with Gasteiger partial charge in [0.05, 0.1) is 18.2 Å². The number of nitrogens with one attached hydrogen (secondary N) is 2. The number of nitrogens with zero attached hydrogens (tertiary/aromatic N) is 3. The number of amides is 2. The maximum absolute atomic E-state index is 13.5. The van der Waals surface area contributed by atoms with Crippen molar-refractivity contribution in [3.63, 3.8) is 0 Å². The van der Waals surface area contributed by atoms with Crippen molar-refractivity contribution in [2.24, 2.45) is 0 Å². The molecule has 2 N–H and O–H groups in total. The summed E-state index contributed by atoms with van der Waals surface area (Å²) in [5.41, 5.74) is 1.59. The third-order valence-electron chi connectivity index (χ3n) is 4.10. The number of carbonyl (C=O) groups excluding carboxylic acids is 2. The second-order valence-corrected chi connectivity index (χ2v) is 5.81. The SMILES string of the molecule is O=C1C[C@H](C(=O)NCc2cn3cccnc3n2)c2cc(F)ccc2N1. The number of benzene rings is 1. The Balaban J connectivity index is 1.53. The molecule has 8 heteroatoms. The molecule has 0 fully saturated rings. The standard InChI is InChI=1S/C17H14FN5O2/c18-10-2-3-14-12(6-10)13(7-15(24)22-14)16(25)20-8-11-9-23-5-1-4-19-17(23)21-11/h1-6,9,13H,7-8H2,(H,20,25)(H,22,24)/t13-/m0/s1. The molecular formula is C17H14FN5O2. The fraction of sp³-hybridized carbons (Fsp3) is 0.176. The van der Waals surface area contributed by atoms with E-state index in [1.165, 1.54) is 18.2 Å². The van der Waals surface area contributed by atoms with Crippen LogP contribution >= 0.6 is 0 Å². The molecule has 126 valence electrons. The molecule has 3 aromatic rings. The number of carbonyl (C=O) groups is 2. The number of rotatable bonds is 3. The lowest BCUT2D eigenvalue weighted by molar-refractivity contribution is -0.126. The Morgan fingerprint density at radius 3 is 3.16 bits per heavy atom. The molecule has 1 aliphatic rings. The summed E-state index contributed by atoms with van der Waals surface area (Å²) in [6.07, 6.45) is 5.20. The molecule has 25 heavy (non-hydrogen) atoms. The van der Waals surface area contributed by atoms with Crippen LogP contribution in [0.1, 0.15) is 23.6 Å². The molecular weight excluding hydrogens is 325 g/mol. The summed E-state index contributed by atoms with van der Waals surface area (Å²) in [6, 6.07) is 5.79. The lowest BCUT2D eigenvalue weighted by Gasteiger charge is -2.24. The van der Waals surface area contributed by atoms with Gasteiger partial charge in [-0.25, -0.2) is 14.4 Å². The van der Waals surface area contributed by atoms with Crippen molar-refractivity contribution in [1.82, 2.24) is 19.7 Å². The van der Waals surface area contributed by atoms with E-state index in [-0.39, 0.29) is 24.8 Å². The van der Waals surface area contributed by atoms with E-state index in [0.717, 1.165) is 0 Å². The zero-order valence-electron chi connectivity index (χ0n) is 13.1. The van der Waals surface area contributed by atoms with Gasteiger partial charge < -0.3 is 10.6 Å². The normalized spacial score (nSPS) is 16.4. The molecule has 2 amide bonds. The Morgan fingerprint density at radius 1 is 1.44 bits per heavy atom. The molecule has 0 radical (unpaired) electrons. The van der Waals surface area contributed by atoms with Crippen LogP contribution in [0.15, 0.2) is 42.9 Å². The molecule has 0 unspecified atom stereocenters. The molecule has 0 saturated heterocycles. The topological polar surface area (TPSA) is 88.4 Å². The molecule has 1 aliphatic heterocycles. The summed E-state index contributed by atoms with van der Waals surface area (Å²) in [5, 5.41) is 5.42. The van der Waals surface area contributed by atoms with Crippen LogP contribution in [0, 0.1) is 5.82 Å². The van der Waals surface area contributed by atoms with Crippen LogP contribution in [0.5, 0.6) is 0 Å². The lowest BCUT2D eigenvalue weighted by Crippen LogP contribution is -2.34. The number of anilines is 1. The Labute approximate surface area is 141 Å². The van der Waals surface area contributed by atoms with Crippen molar-refractivity contribution in [3.05, 3.63) is 59.9 Å². The minimum Gasteiger partial charge on any atom is -0.350 e. The van der Waals surface area contributed by atoms with Crippen molar-refractivity contribution in [2.75, 3.05) is 5.32 Å². The molecule has 7 nitrogen and oxygen atoms in total. The number of fused-ring (bicyclic) bond motifs is 2. The van der Waals surface area contributed by atoms with Crippen molar-refractivity contribution in [2.45, 2.75) is 18.9 Å². The van der Waals surface area contributed by atoms with E-state index >= 15 is 0 Å².